The highest BCUT2D eigenvalue weighted by Crippen LogP contribution is 2.41. The minimum atomic E-state index is -4.76. The molecule has 0 unspecified atom stereocenters. The second kappa shape index (κ2) is 20.7. The number of halogens is 5. The van der Waals surface area contributed by atoms with Crippen molar-refractivity contribution in [1.29, 1.82) is 5.26 Å². The third kappa shape index (κ3) is 12.7. The van der Waals surface area contributed by atoms with Gasteiger partial charge in [0.2, 0.25) is 11.9 Å². The lowest BCUT2D eigenvalue weighted by atomic mass is 10.2. The van der Waals surface area contributed by atoms with Crippen molar-refractivity contribution >= 4 is 104 Å². The molecule has 348 valence electrons. The summed E-state index contributed by atoms with van der Waals surface area (Å²) in [5.74, 6) is 0.570. The first-order chi connectivity index (χ1) is 30.8. The van der Waals surface area contributed by atoms with Gasteiger partial charge in [-0.15, -0.1) is 0 Å². The minimum Gasteiger partial charge on any atom is -0.495 e. The van der Waals surface area contributed by atoms with E-state index < -0.39 is 46.9 Å². The maximum Gasteiger partial charge on any atom is 0.421 e. The molecule has 0 aliphatic carbocycles. The zero-order chi connectivity index (χ0) is 48.8. The number of aromatic nitrogens is 4. The van der Waals surface area contributed by atoms with Crippen LogP contribution in [0.5, 0.6) is 11.5 Å². The second-order valence-corrected chi connectivity index (χ2v) is 25.0. The van der Waals surface area contributed by atoms with Crippen molar-refractivity contribution in [3.63, 3.8) is 0 Å². The monoisotopic (exact) mass is 1000 g/mol. The van der Waals surface area contributed by atoms with Gasteiger partial charge in [-0.3, -0.25) is 0 Å². The van der Waals surface area contributed by atoms with Gasteiger partial charge in [-0.05, 0) is 107 Å². The van der Waals surface area contributed by atoms with Crippen LogP contribution in [0.1, 0.15) is 25.0 Å². The average molecular weight is 1000 g/mol. The Morgan fingerprint density at radius 1 is 0.697 bits per heavy atom. The van der Waals surface area contributed by atoms with Crippen molar-refractivity contribution < 1.29 is 40.2 Å². The molecule has 66 heavy (non-hydrogen) atoms. The fraction of sp³-hybridized carbons (Fsp3) is 0.233. The Hall–Kier alpha value is -5.89. The van der Waals surface area contributed by atoms with E-state index in [9.17, 15) is 36.0 Å². The van der Waals surface area contributed by atoms with Gasteiger partial charge < -0.3 is 39.9 Å². The van der Waals surface area contributed by atoms with Gasteiger partial charge in [0.25, 0.3) is 0 Å². The lowest BCUT2D eigenvalue weighted by Crippen LogP contribution is -2.15. The number of hydrogen-bond acceptors (Lipinski definition) is 15. The van der Waals surface area contributed by atoms with Crippen LogP contribution < -0.4 is 41.3 Å². The fourth-order valence-corrected chi connectivity index (χ4v) is 9.06. The normalized spacial score (nSPS) is 11.8. The highest BCUT2D eigenvalue weighted by atomic mass is 35.5. The predicted octanol–water partition coefficient (Wildman–Crippen LogP) is 10.8. The molecular weight excluding hydrogens is 960 g/mol. The van der Waals surface area contributed by atoms with E-state index in [0.717, 1.165) is 0 Å². The predicted molar refractivity (Wildman–Crippen MR) is 256 cm³/mol. The van der Waals surface area contributed by atoms with Crippen molar-refractivity contribution in [2.24, 2.45) is 0 Å². The average Bonchev–Trinajstić information content (AvgIpc) is 3.24. The van der Waals surface area contributed by atoms with Crippen LogP contribution in [-0.4, -0.2) is 74.5 Å². The summed E-state index contributed by atoms with van der Waals surface area (Å²) >= 11 is 12.2. The molecule has 0 amide bonds. The van der Waals surface area contributed by atoms with Crippen molar-refractivity contribution in [2.45, 2.75) is 30.2 Å². The Labute approximate surface area is 390 Å². The van der Waals surface area contributed by atoms with Crippen molar-refractivity contribution in [3.8, 4) is 17.6 Å². The second-order valence-electron chi connectivity index (χ2n) is 15.2. The van der Waals surface area contributed by atoms with Gasteiger partial charge in [-0.25, -0.2) is 18.4 Å². The first-order valence-electron chi connectivity index (χ1n) is 19.4. The van der Waals surface area contributed by atoms with Gasteiger partial charge >= 0.3 is 6.18 Å². The van der Waals surface area contributed by atoms with Crippen LogP contribution in [0.2, 0.25) is 10.0 Å². The topological polar surface area (TPSA) is 210 Å². The van der Waals surface area contributed by atoms with Crippen LogP contribution in [0.3, 0.4) is 0 Å². The summed E-state index contributed by atoms with van der Waals surface area (Å²) in [6.45, 7) is 9.80. The van der Waals surface area contributed by atoms with Crippen LogP contribution in [0, 0.1) is 11.3 Å². The maximum atomic E-state index is 13.6. The van der Waals surface area contributed by atoms with Gasteiger partial charge in [-0.2, -0.15) is 28.4 Å². The molecule has 6 rings (SSSR count). The molecule has 6 aromatic rings. The van der Waals surface area contributed by atoms with E-state index >= 15 is 0 Å². The van der Waals surface area contributed by atoms with E-state index in [1.165, 1.54) is 44.7 Å². The molecule has 4 aromatic carbocycles. The first kappa shape index (κ1) is 51.1. The Bertz CT molecular complexity index is 3020. The number of benzene rings is 4. The summed E-state index contributed by atoms with van der Waals surface area (Å²) in [4.78, 5) is 16.5. The van der Waals surface area contributed by atoms with E-state index in [0.29, 0.717) is 45.4 Å². The summed E-state index contributed by atoms with van der Waals surface area (Å²) in [6, 6.07) is 22.6. The molecule has 0 saturated carbocycles. The van der Waals surface area contributed by atoms with Crippen molar-refractivity contribution in [3.05, 3.63) is 112 Å². The Balaban J connectivity index is 0.000000247. The number of sulfone groups is 1. The zero-order valence-electron chi connectivity index (χ0n) is 36.6. The number of nitrogens with one attached hydrogen (secondary N) is 4. The molecule has 2 heterocycles. The summed E-state index contributed by atoms with van der Waals surface area (Å²) in [5, 5.41) is 21.8. The van der Waals surface area contributed by atoms with Crippen molar-refractivity contribution in [2.75, 3.05) is 62.1 Å². The number of anilines is 8. The summed E-state index contributed by atoms with van der Waals surface area (Å²) in [6.07, 6.45) is -2.73. The lowest BCUT2D eigenvalue weighted by Gasteiger charge is -2.17. The lowest BCUT2D eigenvalue weighted by molar-refractivity contribution is -0.137. The minimum absolute atomic E-state index is 0.0414. The van der Waals surface area contributed by atoms with E-state index in [1.54, 1.807) is 95.1 Å². The van der Waals surface area contributed by atoms with Gasteiger partial charge in [0.05, 0.1) is 58.9 Å². The van der Waals surface area contributed by atoms with Gasteiger partial charge in [0, 0.05) is 21.8 Å². The van der Waals surface area contributed by atoms with E-state index in [-0.39, 0.29) is 43.9 Å². The molecule has 0 aliphatic rings. The largest absolute Gasteiger partial charge is 0.495 e. The van der Waals surface area contributed by atoms with E-state index in [1.807, 2.05) is 6.07 Å². The number of alkyl halides is 3. The molecule has 0 radical (unpaired) electrons. The quantitative estimate of drug-likeness (QED) is 0.0748. The molecule has 2 aromatic heterocycles. The number of rotatable bonds is 14. The third-order valence-electron chi connectivity index (χ3n) is 9.36. The molecule has 0 bridgehead atoms. The van der Waals surface area contributed by atoms with Crippen LogP contribution in [0.25, 0.3) is 0 Å². The maximum absolute atomic E-state index is 13.6. The zero-order valence-corrected chi connectivity index (χ0v) is 40.7. The summed E-state index contributed by atoms with van der Waals surface area (Å²) in [5.41, 5.74) is 0.229. The number of hydrogen-bond donors (Lipinski definition) is 4. The Kier molecular flexibility index (Phi) is 16.1. The number of para-hydroxylation sites is 1. The van der Waals surface area contributed by atoms with E-state index in [2.05, 4.69) is 41.2 Å². The molecule has 15 nitrogen and oxygen atoms in total. The molecule has 0 aliphatic heterocycles. The highest BCUT2D eigenvalue weighted by molar-refractivity contribution is 7.92. The third-order valence-corrected chi connectivity index (χ3v) is 15.1. The van der Waals surface area contributed by atoms with Crippen molar-refractivity contribution in [1.82, 2.24) is 19.9 Å². The standard InChI is InChI=1S/C22H26ClN4O4PS.C21H18ClF3N5O2P/c1-14(2)33(29,30)20-9-7-6-8-17(20)25-21-16(23)13-24-22(27-21)26-18-12-15(32(4,5)28)10-11-19(18)31-3;1-32-18-7-5-14(33(2,3)31)9-17(18)29-20-27-11-15(21(23,24)25)19(30-20)28-16-6-4-13(22)8-12(16)10-26/h6-14H,1-5H3,(H2,24,25,26,27);4-9,11H,1-3H3,(H2,27,28,29,30). The van der Waals surface area contributed by atoms with E-state index in [4.69, 9.17) is 32.7 Å². The van der Waals surface area contributed by atoms with Crippen LogP contribution in [0.15, 0.2) is 96.2 Å². The number of methoxy groups -OCH3 is 2. The van der Waals surface area contributed by atoms with Crippen LogP contribution >= 0.6 is 37.5 Å². The molecule has 0 saturated heterocycles. The summed E-state index contributed by atoms with van der Waals surface area (Å²) < 4.78 is 102. The Morgan fingerprint density at radius 2 is 1.21 bits per heavy atom. The van der Waals surface area contributed by atoms with Gasteiger partial charge in [0.1, 0.15) is 48.3 Å². The smallest absolute Gasteiger partial charge is 0.421 e. The molecule has 23 heteroatoms. The van der Waals surface area contributed by atoms with Crippen LogP contribution in [0.4, 0.5) is 59.5 Å². The van der Waals surface area contributed by atoms with Gasteiger partial charge in [-0.1, -0.05) is 35.3 Å². The van der Waals surface area contributed by atoms with Gasteiger partial charge in [0.15, 0.2) is 15.7 Å². The SMILES string of the molecule is COc1ccc(P(C)(C)=O)cc1Nc1ncc(C(F)(F)F)c(Nc2ccc(Cl)cc2C#N)n1.COc1ccc(P(C)(C)=O)cc1Nc1ncc(Cl)c(Nc2ccccc2S(=O)(=O)C(C)C)n1. The first-order valence-corrected chi connectivity index (χ1v) is 26.9. The van der Waals surface area contributed by atoms with Crippen LogP contribution in [-0.2, 0) is 25.1 Å². The molecule has 0 atom stereocenters. The molecule has 4 N–H and O–H groups in total. The molecular formula is C43H44Cl2F3N9O6P2S. The summed E-state index contributed by atoms with van der Waals surface area (Å²) in [7, 11) is -5.71. The number of ether oxygens (including phenoxy) is 2. The number of nitrogens with zero attached hydrogens (tertiary/aromatic N) is 5. The molecule has 0 spiro atoms. The fourth-order valence-electron chi connectivity index (χ4n) is 5.80. The highest BCUT2D eigenvalue weighted by Gasteiger charge is 2.36. The number of nitriles is 1. The molecule has 0 fully saturated rings. The Morgan fingerprint density at radius 3 is 1.71 bits per heavy atom.